The molecule has 3 heteroatoms. The summed E-state index contributed by atoms with van der Waals surface area (Å²) in [5.74, 6) is 0. The third-order valence-electron chi connectivity index (χ3n) is 2.10. The average Bonchev–Trinajstić information content (AvgIpc) is 1.98. The molecule has 0 amide bonds. The maximum absolute atomic E-state index is 2.22. The minimum absolute atomic E-state index is 0. The van der Waals surface area contributed by atoms with Gasteiger partial charge in [0.05, 0.1) is 0 Å². The molecule has 0 atom stereocenters. The summed E-state index contributed by atoms with van der Waals surface area (Å²) in [4.78, 5) is 0. The quantitative estimate of drug-likeness (QED) is 0.377. The third kappa shape index (κ3) is 2.95. The molecule has 61 valence electrons. The van der Waals surface area contributed by atoms with Crippen LogP contribution in [0.5, 0.6) is 0 Å². The minimum atomic E-state index is 0. The Balaban J connectivity index is 0. The zero-order chi connectivity index (χ0) is 7.02. The SMILES string of the molecule is CC1=C(C)C(C)=[C]([Ti+2])C1.[Cl-].[Cl-]. The fourth-order valence-electron chi connectivity index (χ4n) is 1.08. The van der Waals surface area contributed by atoms with Gasteiger partial charge < -0.3 is 24.8 Å². The van der Waals surface area contributed by atoms with E-state index in [0.717, 1.165) is 0 Å². The number of hydrogen-bond acceptors (Lipinski definition) is 0. The van der Waals surface area contributed by atoms with Gasteiger partial charge in [-0.3, -0.25) is 0 Å². The van der Waals surface area contributed by atoms with Crippen LogP contribution in [0.1, 0.15) is 27.2 Å². The predicted octanol–water partition coefficient (Wildman–Crippen LogP) is -3.44. The van der Waals surface area contributed by atoms with E-state index in [9.17, 15) is 0 Å². The van der Waals surface area contributed by atoms with Crippen LogP contribution in [0, 0.1) is 0 Å². The molecule has 0 unspecified atom stereocenters. The Bertz CT molecular complexity index is 182. The van der Waals surface area contributed by atoms with Crippen molar-refractivity contribution in [2.45, 2.75) is 27.2 Å². The molecule has 11 heavy (non-hydrogen) atoms. The fraction of sp³-hybridized carbons (Fsp3) is 0.500. The van der Waals surface area contributed by atoms with Gasteiger partial charge in [-0.1, -0.05) is 0 Å². The van der Waals surface area contributed by atoms with Crippen molar-refractivity contribution in [2.24, 2.45) is 0 Å². The molecule has 0 aromatic rings. The Morgan fingerprint density at radius 3 is 1.55 bits per heavy atom. The van der Waals surface area contributed by atoms with E-state index in [2.05, 4.69) is 41.2 Å². The second kappa shape index (κ2) is 5.43. The summed E-state index contributed by atoms with van der Waals surface area (Å²) >= 11 is 2.22. The van der Waals surface area contributed by atoms with E-state index in [-0.39, 0.29) is 24.8 Å². The second-order valence-electron chi connectivity index (χ2n) is 2.69. The molecule has 0 N–H and O–H groups in total. The van der Waals surface area contributed by atoms with Crippen molar-refractivity contribution in [1.82, 2.24) is 0 Å². The maximum atomic E-state index is 2.22. The molecule has 0 spiro atoms. The molecule has 0 bridgehead atoms. The van der Waals surface area contributed by atoms with Gasteiger partial charge in [0.2, 0.25) is 0 Å². The summed E-state index contributed by atoms with van der Waals surface area (Å²) in [6.45, 7) is 6.64. The van der Waals surface area contributed by atoms with Crippen LogP contribution in [0.25, 0.3) is 0 Å². The van der Waals surface area contributed by atoms with Gasteiger partial charge in [-0.25, -0.2) is 0 Å². The molecular formula is C8H11Cl2Ti. The van der Waals surface area contributed by atoms with Crippen LogP contribution < -0.4 is 24.8 Å². The van der Waals surface area contributed by atoms with Crippen molar-refractivity contribution in [2.75, 3.05) is 0 Å². The van der Waals surface area contributed by atoms with E-state index in [1.165, 1.54) is 17.6 Å². The molecule has 0 radical (unpaired) electrons. The Kier molecular flexibility index (Phi) is 7.06. The molecule has 0 nitrogen and oxygen atoms in total. The van der Waals surface area contributed by atoms with Gasteiger partial charge in [0, 0.05) is 0 Å². The maximum Gasteiger partial charge on any atom is -1.00 e. The van der Waals surface area contributed by atoms with Crippen LogP contribution in [0.15, 0.2) is 20.6 Å². The molecule has 0 saturated heterocycles. The number of allylic oxidation sites excluding steroid dienone is 4. The molecule has 1 rings (SSSR count). The summed E-state index contributed by atoms with van der Waals surface area (Å²) in [6.07, 6.45) is 1.21. The van der Waals surface area contributed by atoms with Crippen molar-refractivity contribution >= 4 is 0 Å². The molecule has 1 aliphatic carbocycles. The van der Waals surface area contributed by atoms with Crippen molar-refractivity contribution in [3.05, 3.63) is 20.6 Å². The first-order chi connectivity index (χ1) is 4.13. The van der Waals surface area contributed by atoms with E-state index in [4.69, 9.17) is 0 Å². The Morgan fingerprint density at radius 2 is 1.45 bits per heavy atom. The first-order valence-electron chi connectivity index (χ1n) is 3.21. The van der Waals surface area contributed by atoms with Crippen molar-refractivity contribution < 1.29 is 45.2 Å². The van der Waals surface area contributed by atoms with Crippen molar-refractivity contribution in [1.29, 1.82) is 0 Å². The standard InChI is InChI=1S/C8H11.2ClH.Ti/c1-6-4-5-7(2)8(6)3;;;/h4H2,1-3H3;2*1H;/q;;;+2/p-2. The zero-order valence-corrected chi connectivity index (χ0v) is 10.0. The molecule has 0 aliphatic heterocycles. The molecule has 0 aromatic heterocycles. The largest absolute Gasteiger partial charge is 1.00 e. The normalized spacial score (nSPS) is 16.5. The summed E-state index contributed by atoms with van der Waals surface area (Å²) < 4.78 is 1.55. The average molecular weight is 226 g/mol. The van der Waals surface area contributed by atoms with Crippen LogP contribution in [-0.2, 0) is 20.4 Å². The van der Waals surface area contributed by atoms with Gasteiger partial charge in [-0.15, -0.1) is 0 Å². The molecule has 0 heterocycles. The first-order valence-corrected chi connectivity index (χ1v) is 3.99. The van der Waals surface area contributed by atoms with Crippen molar-refractivity contribution in [3.63, 3.8) is 0 Å². The summed E-state index contributed by atoms with van der Waals surface area (Å²) in [6, 6.07) is 0. The first kappa shape index (κ1) is 14.3. The zero-order valence-electron chi connectivity index (χ0n) is 6.96. The van der Waals surface area contributed by atoms with Crippen LogP contribution in [0.2, 0.25) is 0 Å². The molecule has 0 saturated carbocycles. The summed E-state index contributed by atoms with van der Waals surface area (Å²) in [5, 5.41) is 0. The number of hydrogen-bond donors (Lipinski definition) is 0. The van der Waals surface area contributed by atoms with E-state index >= 15 is 0 Å². The molecule has 1 aliphatic rings. The van der Waals surface area contributed by atoms with E-state index in [0.29, 0.717) is 0 Å². The Morgan fingerprint density at radius 1 is 1.00 bits per heavy atom. The van der Waals surface area contributed by atoms with Crippen LogP contribution >= 0.6 is 0 Å². The Labute approximate surface area is 92.7 Å². The van der Waals surface area contributed by atoms with E-state index in [1.807, 2.05) is 0 Å². The van der Waals surface area contributed by atoms with Gasteiger partial charge in [-0.2, -0.15) is 0 Å². The molecule has 0 aromatic carbocycles. The van der Waals surface area contributed by atoms with Crippen LogP contribution in [0.4, 0.5) is 0 Å². The van der Waals surface area contributed by atoms with Gasteiger partial charge in [0.25, 0.3) is 0 Å². The van der Waals surface area contributed by atoms with Gasteiger partial charge in [0.15, 0.2) is 0 Å². The number of halogens is 2. The van der Waals surface area contributed by atoms with Gasteiger partial charge in [-0.05, 0) is 0 Å². The predicted molar refractivity (Wildman–Crippen MR) is 35.7 cm³/mol. The van der Waals surface area contributed by atoms with E-state index < -0.39 is 0 Å². The Hall–Kier alpha value is 0.774. The number of rotatable bonds is 0. The molecular weight excluding hydrogens is 215 g/mol. The monoisotopic (exact) mass is 225 g/mol. The van der Waals surface area contributed by atoms with Crippen LogP contribution in [0.3, 0.4) is 0 Å². The smallest absolute Gasteiger partial charge is 1.00 e. The topological polar surface area (TPSA) is 0 Å². The van der Waals surface area contributed by atoms with Gasteiger partial charge >= 0.3 is 68.2 Å². The molecule has 0 fully saturated rings. The van der Waals surface area contributed by atoms with Gasteiger partial charge in [0.1, 0.15) is 0 Å². The third-order valence-corrected chi connectivity index (χ3v) is 2.96. The van der Waals surface area contributed by atoms with Crippen molar-refractivity contribution in [3.8, 4) is 0 Å². The minimum Gasteiger partial charge on any atom is -1.00 e. The fourth-order valence-corrected chi connectivity index (χ4v) is 1.78. The van der Waals surface area contributed by atoms with Crippen LogP contribution in [-0.4, -0.2) is 0 Å². The summed E-state index contributed by atoms with van der Waals surface area (Å²) in [5.41, 5.74) is 4.56. The van der Waals surface area contributed by atoms with E-state index in [1.54, 1.807) is 9.45 Å². The second-order valence-corrected chi connectivity index (χ2v) is 3.63. The summed E-state index contributed by atoms with van der Waals surface area (Å²) in [7, 11) is 0.